The molecule has 6 nitrogen and oxygen atoms in total. The molecular weight excluding hydrogens is 448 g/mol. The first-order chi connectivity index (χ1) is 15.1. The maximum absolute atomic E-state index is 12.7. The standard InChI is InChI=1S/C24H25ClN2O4S/c1-16-4-10-21(11-5-16)27-32(29,30)22-12-13-23(17(2)14-22)31-15-24(28)26-18(3)19-6-8-20(25)9-7-19/h4-14,18,27H,15H2,1-3H3,(H,26,28). The van der Waals surface area contributed by atoms with Gasteiger partial charge in [-0.2, -0.15) is 0 Å². The number of hydrogen-bond acceptors (Lipinski definition) is 4. The van der Waals surface area contributed by atoms with E-state index < -0.39 is 10.0 Å². The van der Waals surface area contributed by atoms with Gasteiger partial charge in [0.15, 0.2) is 6.61 Å². The Morgan fingerprint density at radius 1 is 1.00 bits per heavy atom. The molecule has 0 aliphatic rings. The normalized spacial score (nSPS) is 12.1. The Kier molecular flexibility index (Phi) is 7.43. The van der Waals surface area contributed by atoms with Crippen molar-refractivity contribution in [2.45, 2.75) is 31.7 Å². The maximum atomic E-state index is 12.7. The molecule has 32 heavy (non-hydrogen) atoms. The lowest BCUT2D eigenvalue weighted by molar-refractivity contribution is -0.123. The summed E-state index contributed by atoms with van der Waals surface area (Å²) < 4.78 is 33.5. The molecule has 1 amide bonds. The van der Waals surface area contributed by atoms with Crippen LogP contribution in [0.3, 0.4) is 0 Å². The van der Waals surface area contributed by atoms with Gasteiger partial charge in [0.1, 0.15) is 5.75 Å². The quantitative estimate of drug-likeness (QED) is 0.482. The topological polar surface area (TPSA) is 84.5 Å². The van der Waals surface area contributed by atoms with E-state index in [-0.39, 0.29) is 23.5 Å². The summed E-state index contributed by atoms with van der Waals surface area (Å²) in [6.45, 7) is 5.34. The molecule has 3 aromatic carbocycles. The third-order valence-corrected chi connectivity index (χ3v) is 6.50. The number of benzene rings is 3. The van der Waals surface area contributed by atoms with Crippen LogP contribution >= 0.6 is 11.6 Å². The lowest BCUT2D eigenvalue weighted by atomic mass is 10.1. The number of carbonyl (C=O) groups excluding carboxylic acids is 1. The highest BCUT2D eigenvalue weighted by molar-refractivity contribution is 7.92. The van der Waals surface area contributed by atoms with Gasteiger partial charge in [0.25, 0.3) is 15.9 Å². The van der Waals surface area contributed by atoms with Crippen LogP contribution in [0.5, 0.6) is 5.75 Å². The largest absolute Gasteiger partial charge is 0.484 e. The first-order valence-electron chi connectivity index (χ1n) is 10.0. The third-order valence-electron chi connectivity index (χ3n) is 4.87. The van der Waals surface area contributed by atoms with Gasteiger partial charge in [0.2, 0.25) is 0 Å². The first-order valence-corrected chi connectivity index (χ1v) is 11.9. The summed E-state index contributed by atoms with van der Waals surface area (Å²) >= 11 is 5.89. The van der Waals surface area contributed by atoms with Crippen LogP contribution in [0.2, 0.25) is 5.02 Å². The van der Waals surface area contributed by atoms with Gasteiger partial charge in [-0.3, -0.25) is 9.52 Å². The molecule has 0 saturated heterocycles. The van der Waals surface area contributed by atoms with Crippen LogP contribution in [0.15, 0.2) is 71.6 Å². The van der Waals surface area contributed by atoms with Crippen molar-refractivity contribution >= 4 is 33.2 Å². The van der Waals surface area contributed by atoms with E-state index in [0.717, 1.165) is 11.1 Å². The summed E-state index contributed by atoms with van der Waals surface area (Å²) in [4.78, 5) is 12.4. The molecule has 0 aromatic heterocycles. The van der Waals surface area contributed by atoms with Gasteiger partial charge in [0, 0.05) is 10.7 Å². The zero-order valence-corrected chi connectivity index (χ0v) is 19.6. The molecule has 0 saturated carbocycles. The van der Waals surface area contributed by atoms with E-state index in [1.165, 1.54) is 12.1 Å². The number of halogens is 1. The van der Waals surface area contributed by atoms with Crippen LogP contribution in [0.25, 0.3) is 0 Å². The summed E-state index contributed by atoms with van der Waals surface area (Å²) in [5.41, 5.74) is 3.06. The van der Waals surface area contributed by atoms with Gasteiger partial charge in [-0.1, -0.05) is 41.4 Å². The number of sulfonamides is 1. The molecule has 0 bridgehead atoms. The first kappa shape index (κ1) is 23.6. The summed E-state index contributed by atoms with van der Waals surface area (Å²) in [5.74, 6) is 0.151. The predicted molar refractivity (Wildman–Crippen MR) is 127 cm³/mol. The van der Waals surface area contributed by atoms with Crippen molar-refractivity contribution in [2.75, 3.05) is 11.3 Å². The van der Waals surface area contributed by atoms with Crippen molar-refractivity contribution in [2.24, 2.45) is 0 Å². The molecule has 0 spiro atoms. The summed E-state index contributed by atoms with van der Waals surface area (Å²) in [5, 5.41) is 3.49. The molecule has 3 rings (SSSR count). The second kappa shape index (κ2) is 10.1. The van der Waals surface area contributed by atoms with E-state index in [1.807, 2.05) is 38.1 Å². The number of hydrogen-bond donors (Lipinski definition) is 2. The number of rotatable bonds is 8. The lowest BCUT2D eigenvalue weighted by Gasteiger charge is -2.16. The number of amides is 1. The smallest absolute Gasteiger partial charge is 0.261 e. The second-order valence-electron chi connectivity index (χ2n) is 7.53. The zero-order valence-electron chi connectivity index (χ0n) is 18.1. The van der Waals surface area contributed by atoms with E-state index in [2.05, 4.69) is 10.0 Å². The van der Waals surface area contributed by atoms with Crippen molar-refractivity contribution in [3.05, 3.63) is 88.4 Å². The molecule has 8 heteroatoms. The average molecular weight is 473 g/mol. The van der Waals surface area contributed by atoms with Gasteiger partial charge in [0.05, 0.1) is 10.9 Å². The monoisotopic (exact) mass is 472 g/mol. The van der Waals surface area contributed by atoms with Crippen molar-refractivity contribution in [3.8, 4) is 5.75 Å². The number of anilines is 1. The molecule has 168 valence electrons. The van der Waals surface area contributed by atoms with Crippen LogP contribution in [-0.2, 0) is 14.8 Å². The minimum atomic E-state index is -3.74. The maximum Gasteiger partial charge on any atom is 0.261 e. The van der Waals surface area contributed by atoms with E-state index in [1.54, 1.807) is 37.3 Å². The molecule has 2 N–H and O–H groups in total. The number of nitrogens with one attached hydrogen (secondary N) is 2. The Morgan fingerprint density at radius 3 is 2.28 bits per heavy atom. The van der Waals surface area contributed by atoms with Crippen molar-refractivity contribution in [1.29, 1.82) is 0 Å². The Labute approximate surface area is 193 Å². The number of aryl methyl sites for hydroxylation is 2. The highest BCUT2D eigenvalue weighted by Gasteiger charge is 2.17. The fraction of sp³-hybridized carbons (Fsp3) is 0.208. The molecule has 0 aliphatic carbocycles. The fourth-order valence-electron chi connectivity index (χ4n) is 3.05. The zero-order chi connectivity index (χ0) is 23.3. The van der Waals surface area contributed by atoms with Gasteiger partial charge in [-0.15, -0.1) is 0 Å². The third kappa shape index (κ3) is 6.24. The van der Waals surface area contributed by atoms with Crippen molar-refractivity contribution < 1.29 is 17.9 Å². The Balaban J connectivity index is 1.60. The minimum absolute atomic E-state index is 0.115. The Hall–Kier alpha value is -3.03. The highest BCUT2D eigenvalue weighted by Crippen LogP contribution is 2.24. The SMILES string of the molecule is Cc1ccc(NS(=O)(=O)c2ccc(OCC(=O)NC(C)c3ccc(Cl)cc3)c(C)c2)cc1. The minimum Gasteiger partial charge on any atom is -0.484 e. The lowest BCUT2D eigenvalue weighted by Crippen LogP contribution is -2.31. The summed E-state index contributed by atoms with van der Waals surface area (Å²) in [6.07, 6.45) is 0. The molecular formula is C24H25ClN2O4S. The van der Waals surface area contributed by atoms with Crippen molar-refractivity contribution in [3.63, 3.8) is 0 Å². The highest BCUT2D eigenvalue weighted by atomic mass is 35.5. The van der Waals surface area contributed by atoms with Crippen LogP contribution in [0.4, 0.5) is 5.69 Å². The average Bonchev–Trinajstić information content (AvgIpc) is 2.74. The van der Waals surface area contributed by atoms with Gasteiger partial charge < -0.3 is 10.1 Å². The van der Waals surface area contributed by atoms with E-state index in [4.69, 9.17) is 16.3 Å². The number of ether oxygens (including phenoxy) is 1. The number of carbonyl (C=O) groups is 1. The van der Waals surface area contributed by atoms with Crippen LogP contribution < -0.4 is 14.8 Å². The summed E-state index contributed by atoms with van der Waals surface area (Å²) in [6, 6.07) is 18.6. The Morgan fingerprint density at radius 2 is 1.66 bits per heavy atom. The predicted octanol–water partition coefficient (Wildman–Crippen LogP) is 5.01. The molecule has 0 radical (unpaired) electrons. The van der Waals surface area contributed by atoms with Crippen LogP contribution in [0.1, 0.15) is 29.7 Å². The van der Waals surface area contributed by atoms with Crippen molar-refractivity contribution in [1.82, 2.24) is 5.32 Å². The second-order valence-corrected chi connectivity index (χ2v) is 9.65. The molecule has 3 aromatic rings. The molecule has 1 unspecified atom stereocenters. The van der Waals surface area contributed by atoms with Crippen LogP contribution in [0, 0.1) is 13.8 Å². The molecule has 0 heterocycles. The van der Waals surface area contributed by atoms with E-state index >= 15 is 0 Å². The van der Waals surface area contributed by atoms with Gasteiger partial charge in [-0.25, -0.2) is 8.42 Å². The molecule has 0 aliphatic heterocycles. The van der Waals surface area contributed by atoms with Crippen LogP contribution in [-0.4, -0.2) is 20.9 Å². The molecule has 1 atom stereocenters. The van der Waals surface area contributed by atoms with E-state index in [0.29, 0.717) is 22.0 Å². The van der Waals surface area contributed by atoms with Gasteiger partial charge >= 0.3 is 0 Å². The molecule has 0 fully saturated rings. The van der Waals surface area contributed by atoms with E-state index in [9.17, 15) is 13.2 Å². The van der Waals surface area contributed by atoms with Gasteiger partial charge in [-0.05, 0) is 74.4 Å². The fourth-order valence-corrected chi connectivity index (χ4v) is 4.32. The summed E-state index contributed by atoms with van der Waals surface area (Å²) in [7, 11) is -3.74. The Bertz CT molecular complexity index is 1190.